The first-order chi connectivity index (χ1) is 13.3. The van der Waals surface area contributed by atoms with E-state index in [4.69, 9.17) is 16.3 Å². The lowest BCUT2D eigenvalue weighted by Gasteiger charge is -2.11. The summed E-state index contributed by atoms with van der Waals surface area (Å²) >= 11 is 5.79. The van der Waals surface area contributed by atoms with Crippen molar-refractivity contribution in [2.24, 2.45) is 4.40 Å². The van der Waals surface area contributed by atoms with E-state index in [2.05, 4.69) is 9.71 Å². The highest BCUT2D eigenvalue weighted by Crippen LogP contribution is 2.19. The Morgan fingerprint density at radius 2 is 1.86 bits per heavy atom. The van der Waals surface area contributed by atoms with Gasteiger partial charge in [0, 0.05) is 30.7 Å². The molecule has 148 valence electrons. The number of anilines is 1. The number of benzene rings is 2. The Kier molecular flexibility index (Phi) is 6.21. The summed E-state index contributed by atoms with van der Waals surface area (Å²) in [5.41, 5.74) is 0.467. The van der Waals surface area contributed by atoms with Crippen molar-refractivity contribution in [2.75, 3.05) is 25.5 Å². The first kappa shape index (κ1) is 20.2. The SMILES string of the molecule is CN1CCCC1=NS(=O)(=O)c1ccc(NC(=O)COc2ccc(Cl)cc2)cc1. The van der Waals surface area contributed by atoms with Crippen LogP contribution in [0.15, 0.2) is 57.8 Å². The van der Waals surface area contributed by atoms with E-state index in [9.17, 15) is 13.2 Å². The van der Waals surface area contributed by atoms with E-state index >= 15 is 0 Å². The number of nitrogens with zero attached hydrogens (tertiary/aromatic N) is 2. The molecule has 0 atom stereocenters. The Labute approximate surface area is 169 Å². The number of carbonyl (C=O) groups excluding carboxylic acids is 1. The van der Waals surface area contributed by atoms with Gasteiger partial charge in [-0.2, -0.15) is 8.42 Å². The lowest BCUT2D eigenvalue weighted by atomic mass is 10.3. The van der Waals surface area contributed by atoms with Crippen LogP contribution in [0.25, 0.3) is 0 Å². The van der Waals surface area contributed by atoms with Gasteiger partial charge >= 0.3 is 0 Å². The zero-order valence-corrected chi connectivity index (χ0v) is 16.8. The highest BCUT2D eigenvalue weighted by Gasteiger charge is 2.20. The van der Waals surface area contributed by atoms with Gasteiger partial charge in [-0.3, -0.25) is 4.79 Å². The summed E-state index contributed by atoms with van der Waals surface area (Å²) in [6.07, 6.45) is 1.55. The van der Waals surface area contributed by atoms with Crippen LogP contribution in [0, 0.1) is 0 Å². The second-order valence-corrected chi connectivity index (χ2v) is 8.36. The third-order valence-electron chi connectivity index (χ3n) is 4.18. The number of hydrogen-bond donors (Lipinski definition) is 1. The van der Waals surface area contributed by atoms with Gasteiger partial charge in [-0.1, -0.05) is 11.6 Å². The van der Waals surface area contributed by atoms with Gasteiger partial charge < -0.3 is 15.0 Å². The molecule has 0 bridgehead atoms. The van der Waals surface area contributed by atoms with Crippen molar-refractivity contribution in [1.82, 2.24) is 4.90 Å². The summed E-state index contributed by atoms with van der Waals surface area (Å²) in [6, 6.07) is 12.5. The number of nitrogens with one attached hydrogen (secondary N) is 1. The summed E-state index contributed by atoms with van der Waals surface area (Å²) in [6.45, 7) is 0.624. The molecule has 2 aromatic carbocycles. The molecule has 9 heteroatoms. The topological polar surface area (TPSA) is 88.1 Å². The molecule has 1 aliphatic rings. The Morgan fingerprint density at radius 3 is 2.46 bits per heavy atom. The molecule has 0 unspecified atom stereocenters. The molecule has 0 aromatic heterocycles. The summed E-state index contributed by atoms with van der Waals surface area (Å²) < 4.78 is 34.1. The van der Waals surface area contributed by atoms with Crippen molar-refractivity contribution in [3.63, 3.8) is 0 Å². The maximum absolute atomic E-state index is 12.4. The van der Waals surface area contributed by atoms with Crippen LogP contribution in [0.3, 0.4) is 0 Å². The number of hydrogen-bond acceptors (Lipinski definition) is 4. The van der Waals surface area contributed by atoms with Crippen LogP contribution in [0.4, 0.5) is 5.69 Å². The molecule has 28 heavy (non-hydrogen) atoms. The maximum Gasteiger partial charge on any atom is 0.283 e. The molecule has 7 nitrogen and oxygen atoms in total. The number of carbonyl (C=O) groups is 1. The summed E-state index contributed by atoms with van der Waals surface area (Å²) in [5.74, 6) is 0.729. The van der Waals surface area contributed by atoms with Gasteiger partial charge in [0.25, 0.3) is 15.9 Å². The van der Waals surface area contributed by atoms with Crippen LogP contribution in [0.2, 0.25) is 5.02 Å². The van der Waals surface area contributed by atoms with Gasteiger partial charge in [0.05, 0.1) is 4.90 Å². The highest BCUT2D eigenvalue weighted by atomic mass is 35.5. The van der Waals surface area contributed by atoms with Gasteiger partial charge in [0.15, 0.2) is 6.61 Å². The number of amides is 1. The van der Waals surface area contributed by atoms with E-state index in [1.807, 2.05) is 11.9 Å². The molecule has 1 aliphatic heterocycles. The molecule has 0 aliphatic carbocycles. The van der Waals surface area contributed by atoms with E-state index in [1.54, 1.807) is 24.3 Å². The first-order valence-electron chi connectivity index (χ1n) is 8.67. The van der Waals surface area contributed by atoms with E-state index in [0.29, 0.717) is 28.7 Å². The molecule has 1 N–H and O–H groups in total. The molecule has 3 rings (SSSR count). The Bertz CT molecular complexity index is 973. The van der Waals surface area contributed by atoms with Gasteiger partial charge in [-0.05, 0) is 55.0 Å². The summed E-state index contributed by atoms with van der Waals surface area (Å²) in [5, 5.41) is 3.23. The number of sulfonamides is 1. The summed E-state index contributed by atoms with van der Waals surface area (Å²) in [7, 11) is -1.95. The Morgan fingerprint density at radius 1 is 1.18 bits per heavy atom. The molecule has 0 spiro atoms. The Balaban J connectivity index is 1.59. The molecule has 1 saturated heterocycles. The number of ether oxygens (including phenoxy) is 1. The highest BCUT2D eigenvalue weighted by molar-refractivity contribution is 7.90. The Hall–Kier alpha value is -2.58. The molecular weight excluding hydrogens is 402 g/mol. The molecule has 1 fully saturated rings. The zero-order valence-electron chi connectivity index (χ0n) is 15.3. The van der Waals surface area contributed by atoms with Crippen LogP contribution in [0.1, 0.15) is 12.8 Å². The predicted molar refractivity (Wildman–Crippen MR) is 109 cm³/mol. The lowest BCUT2D eigenvalue weighted by molar-refractivity contribution is -0.118. The maximum atomic E-state index is 12.4. The third kappa shape index (κ3) is 5.24. The number of halogens is 1. The molecule has 0 radical (unpaired) electrons. The average Bonchev–Trinajstić information content (AvgIpc) is 3.06. The molecular formula is C19H20ClN3O4S. The summed E-state index contributed by atoms with van der Waals surface area (Å²) in [4.78, 5) is 13.9. The fourth-order valence-corrected chi connectivity index (χ4v) is 3.91. The second kappa shape index (κ2) is 8.62. The van der Waals surface area contributed by atoms with E-state index in [-0.39, 0.29) is 17.4 Å². The fraction of sp³-hybridized carbons (Fsp3) is 0.263. The van der Waals surface area contributed by atoms with Crippen LogP contribution in [0.5, 0.6) is 5.75 Å². The average molecular weight is 422 g/mol. The van der Waals surface area contributed by atoms with E-state index in [1.165, 1.54) is 24.3 Å². The monoisotopic (exact) mass is 421 g/mol. The lowest BCUT2D eigenvalue weighted by Crippen LogP contribution is -2.20. The van der Waals surface area contributed by atoms with Gasteiger partial charge in [-0.15, -0.1) is 4.40 Å². The van der Waals surface area contributed by atoms with Crippen molar-refractivity contribution in [3.05, 3.63) is 53.6 Å². The van der Waals surface area contributed by atoms with Crippen molar-refractivity contribution in [1.29, 1.82) is 0 Å². The van der Waals surface area contributed by atoms with E-state index < -0.39 is 10.0 Å². The van der Waals surface area contributed by atoms with Crippen molar-refractivity contribution in [3.8, 4) is 5.75 Å². The zero-order chi connectivity index (χ0) is 20.1. The van der Waals surface area contributed by atoms with Crippen LogP contribution in [-0.4, -0.2) is 45.3 Å². The smallest absolute Gasteiger partial charge is 0.283 e. The minimum Gasteiger partial charge on any atom is -0.484 e. The quantitative estimate of drug-likeness (QED) is 0.773. The first-order valence-corrected chi connectivity index (χ1v) is 10.5. The second-order valence-electron chi connectivity index (χ2n) is 6.32. The number of rotatable bonds is 6. The van der Waals surface area contributed by atoms with Crippen molar-refractivity contribution >= 4 is 39.1 Å². The van der Waals surface area contributed by atoms with Crippen LogP contribution >= 0.6 is 11.6 Å². The molecule has 0 saturated carbocycles. The van der Waals surface area contributed by atoms with Crippen molar-refractivity contribution < 1.29 is 17.9 Å². The molecule has 1 heterocycles. The molecule has 2 aromatic rings. The number of likely N-dealkylation sites (tertiary alicyclic amines) is 1. The van der Waals surface area contributed by atoms with Gasteiger partial charge in [-0.25, -0.2) is 0 Å². The van der Waals surface area contributed by atoms with Gasteiger partial charge in [0.1, 0.15) is 11.6 Å². The van der Waals surface area contributed by atoms with Crippen molar-refractivity contribution in [2.45, 2.75) is 17.7 Å². The van der Waals surface area contributed by atoms with Crippen LogP contribution < -0.4 is 10.1 Å². The van der Waals surface area contributed by atoms with E-state index in [0.717, 1.165) is 13.0 Å². The normalized spacial score (nSPS) is 15.6. The minimum atomic E-state index is -3.77. The predicted octanol–water partition coefficient (Wildman–Crippen LogP) is 3.17. The molecule has 1 amide bonds. The minimum absolute atomic E-state index is 0.0794. The standard InChI is InChI=1S/C19H20ClN3O4S/c1-23-12-2-3-18(23)22-28(25,26)17-10-6-15(7-11-17)21-19(24)13-27-16-8-4-14(20)5-9-16/h4-11H,2-3,12-13H2,1H3,(H,21,24). The fourth-order valence-electron chi connectivity index (χ4n) is 2.69. The van der Waals surface area contributed by atoms with Crippen LogP contribution in [-0.2, 0) is 14.8 Å². The largest absolute Gasteiger partial charge is 0.484 e. The number of amidine groups is 1. The third-order valence-corrected chi connectivity index (χ3v) is 5.75. The van der Waals surface area contributed by atoms with Gasteiger partial charge in [0.2, 0.25) is 0 Å².